The Labute approximate surface area is 180 Å². The first kappa shape index (κ1) is 19.3. The minimum absolute atomic E-state index is 0.0674. The number of rotatable bonds is 4. The molecule has 10 heteroatoms. The third-order valence-corrected chi connectivity index (χ3v) is 5.78. The van der Waals surface area contributed by atoms with E-state index in [0.29, 0.717) is 25.5 Å². The average molecular weight is 471 g/mol. The smallest absolute Gasteiger partial charge is 0.291 e. The second-order valence-electron chi connectivity index (χ2n) is 7.03. The minimum Gasteiger partial charge on any atom is -0.395 e. The molecular formula is C20H19BrN6O3. The van der Waals surface area contributed by atoms with Crippen molar-refractivity contribution in [2.45, 2.75) is 12.3 Å². The van der Waals surface area contributed by atoms with Crippen molar-refractivity contribution in [1.82, 2.24) is 30.0 Å². The van der Waals surface area contributed by atoms with Crippen LogP contribution in [-0.2, 0) is 17.0 Å². The highest BCUT2D eigenvalue weighted by molar-refractivity contribution is 9.10. The molecular weight excluding hydrogens is 452 g/mol. The molecule has 2 aliphatic heterocycles. The van der Waals surface area contributed by atoms with Crippen LogP contribution in [0.15, 0.2) is 47.1 Å². The van der Waals surface area contributed by atoms with Gasteiger partial charge in [-0.3, -0.25) is 14.7 Å². The van der Waals surface area contributed by atoms with E-state index >= 15 is 0 Å². The molecule has 2 aliphatic rings. The molecule has 5 rings (SSSR count). The number of fused-ring (bicyclic) bond motifs is 5. The van der Waals surface area contributed by atoms with E-state index in [2.05, 4.69) is 41.2 Å². The number of ether oxygens (including phenoxy) is 1. The zero-order valence-electron chi connectivity index (χ0n) is 16.0. The molecule has 1 aromatic carbocycles. The Balaban J connectivity index is 1.70. The predicted octanol–water partition coefficient (Wildman–Crippen LogP) is 1.19. The van der Waals surface area contributed by atoms with E-state index in [4.69, 9.17) is 9.84 Å². The van der Waals surface area contributed by atoms with E-state index in [1.54, 1.807) is 10.9 Å². The van der Waals surface area contributed by atoms with E-state index in [9.17, 15) is 4.79 Å². The zero-order valence-corrected chi connectivity index (χ0v) is 17.5. The van der Waals surface area contributed by atoms with Crippen LogP contribution in [0.5, 0.6) is 0 Å². The van der Waals surface area contributed by atoms with Crippen LogP contribution in [0, 0.1) is 0 Å². The monoisotopic (exact) mass is 470 g/mol. The molecule has 0 bridgehead atoms. The Bertz CT molecular complexity index is 1110. The Morgan fingerprint density at radius 2 is 2.23 bits per heavy atom. The number of benzene rings is 1. The highest BCUT2D eigenvalue weighted by atomic mass is 79.9. The number of carbonyl (C=O) groups is 1. The normalized spacial score (nSPS) is 20.2. The molecule has 30 heavy (non-hydrogen) atoms. The number of aliphatic hydroxyl groups excluding tert-OH is 1. The molecule has 0 radical (unpaired) electrons. The van der Waals surface area contributed by atoms with Crippen LogP contribution in [0.25, 0.3) is 5.69 Å². The summed E-state index contributed by atoms with van der Waals surface area (Å²) in [6.45, 7) is 1.66. The fourth-order valence-corrected chi connectivity index (χ4v) is 4.41. The molecule has 1 amide bonds. The van der Waals surface area contributed by atoms with Gasteiger partial charge in [-0.1, -0.05) is 22.0 Å². The van der Waals surface area contributed by atoms with Gasteiger partial charge in [0.05, 0.1) is 31.1 Å². The van der Waals surface area contributed by atoms with Gasteiger partial charge in [-0.15, -0.1) is 5.10 Å². The van der Waals surface area contributed by atoms with Crippen molar-refractivity contribution < 1.29 is 14.6 Å². The third kappa shape index (κ3) is 2.95. The maximum absolute atomic E-state index is 12.4. The van der Waals surface area contributed by atoms with Gasteiger partial charge < -0.3 is 15.2 Å². The Hall–Kier alpha value is -2.66. The second kappa shape index (κ2) is 7.55. The fourth-order valence-electron chi connectivity index (χ4n) is 4.05. The molecule has 4 heterocycles. The van der Waals surface area contributed by atoms with E-state index < -0.39 is 11.6 Å². The van der Waals surface area contributed by atoms with Crippen LogP contribution >= 0.6 is 15.9 Å². The number of pyridine rings is 1. The van der Waals surface area contributed by atoms with Gasteiger partial charge in [0.15, 0.2) is 5.72 Å². The highest BCUT2D eigenvalue weighted by Gasteiger charge is 2.50. The van der Waals surface area contributed by atoms with Gasteiger partial charge in [-0.2, -0.15) is 0 Å². The Morgan fingerprint density at radius 1 is 1.33 bits per heavy atom. The first-order valence-electron chi connectivity index (χ1n) is 9.59. The van der Waals surface area contributed by atoms with Crippen LogP contribution in [0.4, 0.5) is 0 Å². The first-order valence-corrected chi connectivity index (χ1v) is 10.4. The van der Waals surface area contributed by atoms with Gasteiger partial charge in [0.1, 0.15) is 5.82 Å². The summed E-state index contributed by atoms with van der Waals surface area (Å²) in [5.74, 6) is 0.283. The number of nitrogens with one attached hydrogen (secondary N) is 1. The van der Waals surface area contributed by atoms with E-state index in [1.165, 1.54) is 0 Å². The van der Waals surface area contributed by atoms with Gasteiger partial charge in [-0.05, 0) is 30.3 Å². The average Bonchev–Trinajstić information content (AvgIpc) is 3.36. The summed E-state index contributed by atoms with van der Waals surface area (Å²) in [6.07, 6.45) is 1.76. The minimum atomic E-state index is -0.873. The van der Waals surface area contributed by atoms with Crippen molar-refractivity contribution in [3.63, 3.8) is 0 Å². The lowest BCUT2D eigenvalue weighted by Gasteiger charge is -2.35. The second-order valence-corrected chi connectivity index (χ2v) is 7.95. The van der Waals surface area contributed by atoms with Gasteiger partial charge >= 0.3 is 0 Å². The number of amides is 1. The van der Waals surface area contributed by atoms with Crippen molar-refractivity contribution >= 4 is 21.8 Å². The van der Waals surface area contributed by atoms with Crippen molar-refractivity contribution in [3.05, 3.63) is 70.0 Å². The van der Waals surface area contributed by atoms with Crippen LogP contribution in [0.1, 0.15) is 27.7 Å². The first-order chi connectivity index (χ1) is 14.6. The van der Waals surface area contributed by atoms with Crippen LogP contribution < -0.4 is 5.32 Å². The van der Waals surface area contributed by atoms with Gasteiger partial charge in [0, 0.05) is 29.3 Å². The van der Waals surface area contributed by atoms with Crippen molar-refractivity contribution in [2.24, 2.45) is 0 Å². The van der Waals surface area contributed by atoms with Crippen LogP contribution in [-0.4, -0.2) is 62.0 Å². The van der Waals surface area contributed by atoms with Crippen LogP contribution in [0.2, 0.25) is 0 Å². The summed E-state index contributed by atoms with van der Waals surface area (Å²) in [4.78, 5) is 23.7. The molecule has 0 aliphatic carbocycles. The van der Waals surface area contributed by atoms with Gasteiger partial charge in [0.2, 0.25) is 5.82 Å². The number of aromatic nitrogens is 4. The number of hydrogen-bond donors (Lipinski definition) is 2. The maximum Gasteiger partial charge on any atom is 0.291 e. The molecule has 2 aromatic heterocycles. The molecule has 1 fully saturated rings. The van der Waals surface area contributed by atoms with Crippen molar-refractivity contribution in [2.75, 3.05) is 26.3 Å². The largest absolute Gasteiger partial charge is 0.395 e. The SMILES string of the molecule is O=C(NCCO)c1nc2n(n1)-c1ccc(Br)cc1C1(c3ccccn3)OCCN1C2. The summed E-state index contributed by atoms with van der Waals surface area (Å²) < 4.78 is 8.99. The van der Waals surface area contributed by atoms with Gasteiger partial charge in [-0.25, -0.2) is 9.67 Å². The van der Waals surface area contributed by atoms with Gasteiger partial charge in [0.25, 0.3) is 5.91 Å². The lowest BCUT2D eigenvalue weighted by Crippen LogP contribution is -2.43. The number of nitrogens with zero attached hydrogens (tertiary/aromatic N) is 5. The van der Waals surface area contributed by atoms with Crippen molar-refractivity contribution in [3.8, 4) is 5.69 Å². The molecule has 1 saturated heterocycles. The van der Waals surface area contributed by atoms with E-state index in [-0.39, 0.29) is 19.0 Å². The zero-order chi connectivity index (χ0) is 20.7. The molecule has 0 saturated carbocycles. The molecule has 3 aromatic rings. The summed E-state index contributed by atoms with van der Waals surface area (Å²) in [6, 6.07) is 11.6. The molecule has 2 N–H and O–H groups in total. The summed E-state index contributed by atoms with van der Waals surface area (Å²) in [5.41, 5.74) is 1.56. The summed E-state index contributed by atoms with van der Waals surface area (Å²) in [5, 5.41) is 16.0. The third-order valence-electron chi connectivity index (χ3n) is 5.29. The molecule has 9 nitrogen and oxygen atoms in total. The lowest BCUT2D eigenvalue weighted by atomic mass is 9.95. The molecule has 1 atom stereocenters. The Kier molecular flexibility index (Phi) is 4.86. The molecule has 154 valence electrons. The number of aliphatic hydroxyl groups is 1. The van der Waals surface area contributed by atoms with E-state index in [0.717, 1.165) is 21.4 Å². The fraction of sp³-hybridized carbons (Fsp3) is 0.300. The predicted molar refractivity (Wildman–Crippen MR) is 110 cm³/mol. The number of carbonyl (C=O) groups excluding carboxylic acids is 1. The quantitative estimate of drug-likeness (QED) is 0.589. The van der Waals surface area contributed by atoms with Crippen LogP contribution in [0.3, 0.4) is 0 Å². The number of hydrogen-bond acceptors (Lipinski definition) is 7. The molecule has 0 spiro atoms. The lowest BCUT2D eigenvalue weighted by molar-refractivity contribution is -0.0585. The molecule has 1 unspecified atom stereocenters. The Morgan fingerprint density at radius 3 is 3.03 bits per heavy atom. The maximum atomic E-state index is 12.4. The topological polar surface area (TPSA) is 105 Å². The number of halogens is 1. The summed E-state index contributed by atoms with van der Waals surface area (Å²) in [7, 11) is 0. The van der Waals surface area contributed by atoms with Crippen molar-refractivity contribution in [1.29, 1.82) is 0 Å². The van der Waals surface area contributed by atoms with E-state index in [1.807, 2.05) is 36.4 Å². The highest BCUT2D eigenvalue weighted by Crippen LogP contribution is 2.45. The summed E-state index contributed by atoms with van der Waals surface area (Å²) >= 11 is 3.58. The standard InChI is InChI=1S/C20H19BrN6O3/c21-13-4-5-15-14(11-13)20(16-3-1-2-6-22-16)26(8-10-30-20)12-17-24-18(25-27(15)17)19(29)23-7-9-28/h1-6,11,28H,7-10,12H2,(H,23,29).